The van der Waals surface area contributed by atoms with Gasteiger partial charge in [-0.2, -0.15) is 0 Å². The molecule has 1 aromatic heterocycles. The first-order chi connectivity index (χ1) is 7.25. The predicted octanol–water partition coefficient (Wildman–Crippen LogP) is 3.81. The average Bonchev–Trinajstić information content (AvgIpc) is 2.25. The number of anilines is 1. The number of nitrogens with one attached hydrogen (secondary N) is 1. The number of hydrogen-bond donors (Lipinski definition) is 1. The third kappa shape index (κ3) is 3.08. The molecule has 1 aliphatic rings. The number of hydrogen-bond acceptors (Lipinski definition) is 2. The van der Waals surface area contributed by atoms with Crippen molar-refractivity contribution >= 4 is 33.2 Å². The van der Waals surface area contributed by atoms with Crippen molar-refractivity contribution in [1.29, 1.82) is 0 Å². The standard InChI is InChI=1S/C11H14BrClN2/c12-10-7-14-6-5-11(10)15-9-3-1-8(13)2-4-9/h5-9H,1-4H2,(H,14,15). The third-order valence-electron chi connectivity index (χ3n) is 2.79. The first-order valence-corrected chi connectivity index (χ1v) is 6.49. The smallest absolute Gasteiger partial charge is 0.0590 e. The van der Waals surface area contributed by atoms with Crippen LogP contribution < -0.4 is 5.32 Å². The third-order valence-corrected chi connectivity index (χ3v) is 3.86. The Morgan fingerprint density at radius 3 is 2.73 bits per heavy atom. The molecule has 2 rings (SSSR count). The lowest BCUT2D eigenvalue weighted by Gasteiger charge is -2.27. The van der Waals surface area contributed by atoms with E-state index in [1.165, 1.54) is 0 Å². The molecule has 0 saturated heterocycles. The minimum atomic E-state index is 0.379. The Balaban J connectivity index is 1.95. The van der Waals surface area contributed by atoms with Gasteiger partial charge >= 0.3 is 0 Å². The van der Waals surface area contributed by atoms with Gasteiger partial charge in [0, 0.05) is 23.8 Å². The quantitative estimate of drug-likeness (QED) is 0.838. The largest absolute Gasteiger partial charge is 0.381 e. The maximum absolute atomic E-state index is 6.07. The summed E-state index contributed by atoms with van der Waals surface area (Å²) in [5, 5.41) is 3.90. The summed E-state index contributed by atoms with van der Waals surface area (Å²) in [7, 11) is 0. The Labute approximate surface area is 104 Å². The molecular weight excluding hydrogens is 275 g/mol. The van der Waals surface area contributed by atoms with Crippen LogP contribution in [0.4, 0.5) is 5.69 Å². The molecule has 0 bridgehead atoms. The van der Waals surface area contributed by atoms with Crippen LogP contribution >= 0.6 is 27.5 Å². The molecule has 82 valence electrons. The number of pyridine rings is 1. The van der Waals surface area contributed by atoms with Gasteiger partial charge in [-0.1, -0.05) is 0 Å². The van der Waals surface area contributed by atoms with E-state index in [0.717, 1.165) is 35.8 Å². The van der Waals surface area contributed by atoms with Crippen LogP contribution in [0.2, 0.25) is 0 Å². The molecule has 1 aliphatic carbocycles. The van der Waals surface area contributed by atoms with E-state index < -0.39 is 0 Å². The fourth-order valence-corrected chi connectivity index (χ4v) is 2.53. The summed E-state index contributed by atoms with van der Waals surface area (Å²) in [6, 6.07) is 2.55. The molecule has 0 amide bonds. The Morgan fingerprint density at radius 1 is 1.33 bits per heavy atom. The molecule has 15 heavy (non-hydrogen) atoms. The van der Waals surface area contributed by atoms with Crippen LogP contribution in [-0.2, 0) is 0 Å². The predicted molar refractivity (Wildman–Crippen MR) is 67.5 cm³/mol. The van der Waals surface area contributed by atoms with Crippen molar-refractivity contribution in [2.75, 3.05) is 5.32 Å². The van der Waals surface area contributed by atoms with E-state index in [0.29, 0.717) is 11.4 Å². The monoisotopic (exact) mass is 288 g/mol. The number of alkyl halides is 1. The summed E-state index contributed by atoms with van der Waals surface area (Å²) in [6.45, 7) is 0. The highest BCUT2D eigenvalue weighted by atomic mass is 79.9. The molecular formula is C11H14BrClN2. The van der Waals surface area contributed by atoms with Crippen molar-refractivity contribution in [2.24, 2.45) is 0 Å². The Hall–Kier alpha value is -0.280. The summed E-state index contributed by atoms with van der Waals surface area (Å²) in [5.41, 5.74) is 1.13. The van der Waals surface area contributed by atoms with E-state index in [9.17, 15) is 0 Å². The van der Waals surface area contributed by atoms with Crippen molar-refractivity contribution < 1.29 is 0 Å². The first kappa shape index (κ1) is 11.2. The summed E-state index contributed by atoms with van der Waals surface area (Å²) in [6.07, 6.45) is 8.16. The topological polar surface area (TPSA) is 24.9 Å². The zero-order valence-electron chi connectivity index (χ0n) is 8.42. The van der Waals surface area contributed by atoms with Crippen LogP contribution in [0.1, 0.15) is 25.7 Å². The van der Waals surface area contributed by atoms with Crippen molar-refractivity contribution in [2.45, 2.75) is 37.1 Å². The molecule has 1 fully saturated rings. The molecule has 0 aromatic carbocycles. The maximum Gasteiger partial charge on any atom is 0.0590 e. The number of halogens is 2. The fourth-order valence-electron chi connectivity index (χ4n) is 1.91. The van der Waals surface area contributed by atoms with Gasteiger partial charge in [-0.25, -0.2) is 0 Å². The number of nitrogens with zero attached hydrogens (tertiary/aromatic N) is 1. The van der Waals surface area contributed by atoms with Gasteiger partial charge in [0.15, 0.2) is 0 Å². The summed E-state index contributed by atoms with van der Waals surface area (Å²) >= 11 is 9.55. The Bertz CT molecular complexity index is 324. The second-order valence-corrected chi connectivity index (χ2v) is 5.42. The summed E-state index contributed by atoms with van der Waals surface area (Å²) in [4.78, 5) is 4.04. The Morgan fingerprint density at radius 2 is 2.07 bits per heavy atom. The van der Waals surface area contributed by atoms with Crippen molar-refractivity contribution in [3.05, 3.63) is 22.9 Å². The zero-order chi connectivity index (χ0) is 10.7. The van der Waals surface area contributed by atoms with Gasteiger partial charge in [0.1, 0.15) is 0 Å². The molecule has 0 unspecified atom stereocenters. The summed E-state index contributed by atoms with van der Waals surface area (Å²) < 4.78 is 1.03. The van der Waals surface area contributed by atoms with Gasteiger partial charge in [0.2, 0.25) is 0 Å². The molecule has 1 saturated carbocycles. The van der Waals surface area contributed by atoms with Gasteiger partial charge < -0.3 is 5.32 Å². The maximum atomic E-state index is 6.07. The molecule has 1 N–H and O–H groups in total. The van der Waals surface area contributed by atoms with Crippen LogP contribution in [0.25, 0.3) is 0 Å². The highest BCUT2D eigenvalue weighted by molar-refractivity contribution is 9.10. The molecule has 2 nitrogen and oxygen atoms in total. The van der Waals surface area contributed by atoms with E-state index in [1.807, 2.05) is 12.3 Å². The van der Waals surface area contributed by atoms with Crippen LogP contribution in [0, 0.1) is 0 Å². The van der Waals surface area contributed by atoms with E-state index >= 15 is 0 Å². The minimum Gasteiger partial charge on any atom is -0.381 e. The highest BCUT2D eigenvalue weighted by Crippen LogP contribution is 2.27. The minimum absolute atomic E-state index is 0.379. The fraction of sp³-hybridized carbons (Fsp3) is 0.545. The van der Waals surface area contributed by atoms with Crippen LogP contribution in [0.15, 0.2) is 22.9 Å². The Kier molecular flexibility index (Phi) is 3.87. The highest BCUT2D eigenvalue weighted by Gasteiger charge is 2.19. The molecule has 0 aliphatic heterocycles. The van der Waals surface area contributed by atoms with Crippen molar-refractivity contribution in [1.82, 2.24) is 4.98 Å². The van der Waals surface area contributed by atoms with E-state index in [-0.39, 0.29) is 0 Å². The lowest BCUT2D eigenvalue weighted by molar-refractivity contribution is 0.468. The lowest BCUT2D eigenvalue weighted by Crippen LogP contribution is -2.26. The van der Waals surface area contributed by atoms with Crippen LogP contribution in [0.5, 0.6) is 0 Å². The molecule has 0 atom stereocenters. The van der Waals surface area contributed by atoms with E-state index in [2.05, 4.69) is 26.2 Å². The SMILES string of the molecule is ClC1CCC(Nc2ccncc2Br)CC1. The first-order valence-electron chi connectivity index (χ1n) is 5.26. The summed E-state index contributed by atoms with van der Waals surface area (Å²) in [5.74, 6) is 0. The molecule has 1 aromatic rings. The van der Waals surface area contributed by atoms with Crippen molar-refractivity contribution in [3.8, 4) is 0 Å². The number of aromatic nitrogens is 1. The lowest BCUT2D eigenvalue weighted by atomic mass is 9.95. The van der Waals surface area contributed by atoms with E-state index in [4.69, 9.17) is 11.6 Å². The van der Waals surface area contributed by atoms with Gasteiger partial charge in [0.25, 0.3) is 0 Å². The van der Waals surface area contributed by atoms with E-state index in [1.54, 1.807) is 6.20 Å². The van der Waals surface area contributed by atoms with Crippen LogP contribution in [-0.4, -0.2) is 16.4 Å². The van der Waals surface area contributed by atoms with Gasteiger partial charge in [-0.05, 0) is 47.7 Å². The van der Waals surface area contributed by atoms with Gasteiger partial charge in [-0.15, -0.1) is 11.6 Å². The molecule has 0 radical (unpaired) electrons. The van der Waals surface area contributed by atoms with Crippen LogP contribution in [0.3, 0.4) is 0 Å². The molecule has 1 heterocycles. The molecule has 0 spiro atoms. The second-order valence-electron chi connectivity index (χ2n) is 3.95. The normalized spacial score (nSPS) is 26.3. The average molecular weight is 290 g/mol. The molecule has 4 heteroatoms. The van der Waals surface area contributed by atoms with Gasteiger partial charge in [0.05, 0.1) is 10.2 Å². The zero-order valence-corrected chi connectivity index (χ0v) is 10.8. The van der Waals surface area contributed by atoms with Gasteiger partial charge in [-0.3, -0.25) is 4.98 Å². The number of rotatable bonds is 2. The second kappa shape index (κ2) is 5.17. The van der Waals surface area contributed by atoms with Crippen molar-refractivity contribution in [3.63, 3.8) is 0 Å².